The average Bonchev–Trinajstić information content (AvgIpc) is 2.48. The fourth-order valence-electron chi connectivity index (χ4n) is 1.71. The lowest BCUT2D eigenvalue weighted by atomic mass is 10.1. The molecule has 1 rings (SSSR count). The molecule has 0 heterocycles. The van der Waals surface area contributed by atoms with E-state index >= 15 is 0 Å². The maximum absolute atomic E-state index is 10.8. The predicted octanol–water partition coefficient (Wildman–Crippen LogP) is 1.75. The van der Waals surface area contributed by atoms with Crippen LogP contribution in [-0.2, 0) is 16.0 Å². The van der Waals surface area contributed by atoms with Gasteiger partial charge in [0.1, 0.15) is 12.4 Å². The van der Waals surface area contributed by atoms with Gasteiger partial charge in [-0.1, -0.05) is 0 Å². The first-order chi connectivity index (χ1) is 10.2. The zero-order chi connectivity index (χ0) is 15.5. The van der Waals surface area contributed by atoms with Gasteiger partial charge in [-0.15, -0.1) is 0 Å². The molecule has 0 fully saturated rings. The van der Waals surface area contributed by atoms with Gasteiger partial charge in [-0.3, -0.25) is 10.1 Å². The monoisotopic (exact) mass is 298 g/mol. The van der Waals surface area contributed by atoms with Crippen LogP contribution in [-0.4, -0.2) is 45.0 Å². The van der Waals surface area contributed by atoms with Gasteiger partial charge in [0.05, 0.1) is 18.1 Å². The summed E-state index contributed by atoms with van der Waals surface area (Å²) in [5, 5.41) is 14.0. The smallest absolute Gasteiger partial charge is 0.270 e. The molecule has 0 aliphatic carbocycles. The van der Waals surface area contributed by atoms with Crippen LogP contribution < -0.4 is 10.1 Å². The quantitative estimate of drug-likeness (QED) is 0.381. The SMILES string of the molecule is CCOCCOc1ccc([N+](=O)[O-])cc1CNCCOC. The molecule has 0 aliphatic rings. The highest BCUT2D eigenvalue weighted by Gasteiger charge is 2.11. The molecular formula is C14H22N2O5. The second-order valence-corrected chi connectivity index (χ2v) is 4.26. The minimum absolute atomic E-state index is 0.0516. The summed E-state index contributed by atoms with van der Waals surface area (Å²) >= 11 is 0. The molecule has 7 nitrogen and oxygen atoms in total. The Morgan fingerprint density at radius 2 is 2.10 bits per heavy atom. The summed E-state index contributed by atoms with van der Waals surface area (Å²) in [6.45, 7) is 5.18. The Hall–Kier alpha value is -1.70. The second-order valence-electron chi connectivity index (χ2n) is 4.26. The van der Waals surface area contributed by atoms with Gasteiger partial charge >= 0.3 is 0 Å². The van der Waals surface area contributed by atoms with E-state index in [0.29, 0.717) is 45.3 Å². The van der Waals surface area contributed by atoms with Crippen molar-refractivity contribution in [3.05, 3.63) is 33.9 Å². The number of hydrogen-bond donors (Lipinski definition) is 1. The molecule has 1 aromatic carbocycles. The number of nitrogens with zero attached hydrogens (tertiary/aromatic N) is 1. The second kappa shape index (κ2) is 10.1. The molecule has 118 valence electrons. The predicted molar refractivity (Wildman–Crippen MR) is 78.7 cm³/mol. The summed E-state index contributed by atoms with van der Waals surface area (Å²) in [5.74, 6) is 0.630. The Morgan fingerprint density at radius 1 is 1.29 bits per heavy atom. The summed E-state index contributed by atoms with van der Waals surface area (Å²) < 4.78 is 15.8. The van der Waals surface area contributed by atoms with Gasteiger partial charge in [0.2, 0.25) is 0 Å². The Morgan fingerprint density at radius 3 is 2.76 bits per heavy atom. The van der Waals surface area contributed by atoms with Crippen LogP contribution in [0.4, 0.5) is 5.69 Å². The van der Waals surface area contributed by atoms with E-state index in [1.165, 1.54) is 12.1 Å². The number of benzene rings is 1. The Balaban J connectivity index is 2.67. The van der Waals surface area contributed by atoms with E-state index < -0.39 is 4.92 Å². The third-order valence-electron chi connectivity index (χ3n) is 2.74. The maximum Gasteiger partial charge on any atom is 0.270 e. The van der Waals surface area contributed by atoms with Crippen LogP contribution in [0.25, 0.3) is 0 Å². The lowest BCUT2D eigenvalue weighted by Crippen LogP contribution is -2.19. The highest BCUT2D eigenvalue weighted by molar-refractivity contribution is 5.43. The molecule has 0 atom stereocenters. The molecule has 7 heteroatoms. The van der Waals surface area contributed by atoms with Crippen LogP contribution in [0.1, 0.15) is 12.5 Å². The largest absolute Gasteiger partial charge is 0.491 e. The van der Waals surface area contributed by atoms with Crippen molar-refractivity contribution < 1.29 is 19.1 Å². The van der Waals surface area contributed by atoms with Crippen molar-refractivity contribution >= 4 is 5.69 Å². The van der Waals surface area contributed by atoms with Crippen LogP contribution in [0.15, 0.2) is 18.2 Å². The van der Waals surface area contributed by atoms with Crippen molar-refractivity contribution in [3.8, 4) is 5.75 Å². The van der Waals surface area contributed by atoms with Gasteiger partial charge in [0, 0.05) is 44.5 Å². The van der Waals surface area contributed by atoms with Crippen LogP contribution >= 0.6 is 0 Å². The number of non-ortho nitro benzene ring substituents is 1. The molecule has 0 unspecified atom stereocenters. The zero-order valence-corrected chi connectivity index (χ0v) is 12.5. The number of ether oxygens (including phenoxy) is 3. The van der Waals surface area contributed by atoms with E-state index in [0.717, 1.165) is 5.56 Å². The van der Waals surface area contributed by atoms with E-state index in [2.05, 4.69) is 5.32 Å². The van der Waals surface area contributed by atoms with Gasteiger partial charge in [0.15, 0.2) is 0 Å². The number of rotatable bonds is 11. The molecule has 0 aromatic heterocycles. The Kier molecular flexibility index (Phi) is 8.34. The number of nitro groups is 1. The maximum atomic E-state index is 10.8. The topological polar surface area (TPSA) is 82.9 Å². The summed E-state index contributed by atoms with van der Waals surface area (Å²) in [5.41, 5.74) is 0.799. The number of hydrogen-bond acceptors (Lipinski definition) is 6. The van der Waals surface area contributed by atoms with Crippen LogP contribution in [0.2, 0.25) is 0 Å². The minimum Gasteiger partial charge on any atom is -0.491 e. The third-order valence-corrected chi connectivity index (χ3v) is 2.74. The summed E-state index contributed by atoms with van der Waals surface area (Å²) in [6, 6.07) is 4.59. The van der Waals surface area contributed by atoms with E-state index in [1.54, 1.807) is 13.2 Å². The molecule has 1 aromatic rings. The first-order valence-electron chi connectivity index (χ1n) is 6.86. The first-order valence-corrected chi connectivity index (χ1v) is 6.86. The molecule has 0 aliphatic heterocycles. The van der Waals surface area contributed by atoms with Crippen molar-refractivity contribution in [2.24, 2.45) is 0 Å². The van der Waals surface area contributed by atoms with E-state index in [4.69, 9.17) is 14.2 Å². The normalized spacial score (nSPS) is 10.6. The third kappa shape index (κ3) is 6.52. The van der Waals surface area contributed by atoms with Gasteiger partial charge in [-0.25, -0.2) is 0 Å². The fraction of sp³-hybridized carbons (Fsp3) is 0.571. The molecule has 0 spiro atoms. The lowest BCUT2D eigenvalue weighted by Gasteiger charge is -2.12. The van der Waals surface area contributed by atoms with E-state index in [-0.39, 0.29) is 5.69 Å². The van der Waals surface area contributed by atoms with Crippen LogP contribution in [0.5, 0.6) is 5.75 Å². The van der Waals surface area contributed by atoms with Crippen molar-refractivity contribution in [1.29, 1.82) is 0 Å². The van der Waals surface area contributed by atoms with Crippen molar-refractivity contribution in [3.63, 3.8) is 0 Å². The summed E-state index contributed by atoms with van der Waals surface area (Å²) in [4.78, 5) is 10.4. The zero-order valence-electron chi connectivity index (χ0n) is 12.5. The fourth-order valence-corrected chi connectivity index (χ4v) is 1.71. The van der Waals surface area contributed by atoms with Gasteiger partial charge < -0.3 is 19.5 Å². The first kappa shape index (κ1) is 17.4. The molecule has 0 bridgehead atoms. The van der Waals surface area contributed by atoms with Gasteiger partial charge in [-0.05, 0) is 13.0 Å². The highest BCUT2D eigenvalue weighted by Crippen LogP contribution is 2.24. The number of nitro benzene ring substituents is 1. The molecule has 21 heavy (non-hydrogen) atoms. The average molecular weight is 298 g/mol. The van der Waals surface area contributed by atoms with E-state index in [9.17, 15) is 10.1 Å². The molecule has 0 saturated carbocycles. The minimum atomic E-state index is -0.414. The van der Waals surface area contributed by atoms with Crippen molar-refractivity contribution in [2.45, 2.75) is 13.5 Å². The molecule has 0 saturated heterocycles. The summed E-state index contributed by atoms with van der Waals surface area (Å²) in [6.07, 6.45) is 0. The molecule has 0 radical (unpaired) electrons. The van der Waals surface area contributed by atoms with Crippen LogP contribution in [0, 0.1) is 10.1 Å². The molecule has 1 N–H and O–H groups in total. The lowest BCUT2D eigenvalue weighted by molar-refractivity contribution is -0.384. The van der Waals surface area contributed by atoms with Crippen molar-refractivity contribution in [2.75, 3.05) is 40.1 Å². The van der Waals surface area contributed by atoms with Crippen molar-refractivity contribution in [1.82, 2.24) is 5.32 Å². The Labute approximate surface area is 124 Å². The highest BCUT2D eigenvalue weighted by atomic mass is 16.6. The van der Waals surface area contributed by atoms with E-state index in [1.807, 2.05) is 6.92 Å². The Bertz CT molecular complexity index is 439. The van der Waals surface area contributed by atoms with Crippen LogP contribution in [0.3, 0.4) is 0 Å². The number of methoxy groups -OCH3 is 1. The van der Waals surface area contributed by atoms with Gasteiger partial charge in [0.25, 0.3) is 5.69 Å². The molecule has 0 amide bonds. The molecular weight excluding hydrogens is 276 g/mol. The van der Waals surface area contributed by atoms with Gasteiger partial charge in [-0.2, -0.15) is 0 Å². The number of nitrogens with one attached hydrogen (secondary N) is 1. The standard InChI is InChI=1S/C14H22N2O5/c1-3-20-8-9-21-14-5-4-13(16(17)18)10-12(14)11-15-6-7-19-2/h4-5,10,15H,3,6-9,11H2,1-2H3. The summed E-state index contributed by atoms with van der Waals surface area (Å²) in [7, 11) is 1.62.